The number of hydrogen-bond acceptors (Lipinski definition) is 5. The van der Waals surface area contributed by atoms with E-state index in [1.165, 1.54) is 16.8 Å². The summed E-state index contributed by atoms with van der Waals surface area (Å²) in [7, 11) is 1.56. The Hall–Kier alpha value is -3.78. The Morgan fingerprint density at radius 2 is 1.87 bits per heavy atom. The van der Waals surface area contributed by atoms with Gasteiger partial charge in [-0.25, -0.2) is 9.78 Å². The fourth-order valence-corrected chi connectivity index (χ4v) is 3.34. The number of aryl methyl sites for hydroxylation is 1. The molecule has 31 heavy (non-hydrogen) atoms. The maximum atomic E-state index is 13.1. The third-order valence-corrected chi connectivity index (χ3v) is 5.15. The number of carbonyl (C=O) groups excluding carboxylic acids is 1. The molecule has 156 valence electrons. The van der Waals surface area contributed by atoms with Crippen LogP contribution in [0.25, 0.3) is 10.9 Å². The van der Waals surface area contributed by atoms with Crippen molar-refractivity contribution in [3.63, 3.8) is 0 Å². The summed E-state index contributed by atoms with van der Waals surface area (Å²) in [4.78, 5) is 46.5. The Kier molecular flexibility index (Phi) is 5.64. The zero-order valence-electron chi connectivity index (χ0n) is 16.6. The Morgan fingerprint density at radius 3 is 2.58 bits per heavy atom. The molecule has 0 fully saturated rings. The van der Waals surface area contributed by atoms with Gasteiger partial charge >= 0.3 is 5.69 Å². The van der Waals surface area contributed by atoms with Gasteiger partial charge < -0.3 is 5.32 Å². The number of rotatable bonds is 5. The van der Waals surface area contributed by atoms with Crippen molar-refractivity contribution in [1.29, 1.82) is 0 Å². The summed E-state index contributed by atoms with van der Waals surface area (Å²) in [6.45, 7) is 0.365. The van der Waals surface area contributed by atoms with Crippen LogP contribution in [0.1, 0.15) is 21.6 Å². The number of fused-ring (bicyclic) bond motifs is 1. The number of halogens is 1. The minimum atomic E-state index is -0.489. The van der Waals surface area contributed by atoms with Crippen LogP contribution in [0.3, 0.4) is 0 Å². The summed E-state index contributed by atoms with van der Waals surface area (Å²) >= 11 is 5.91. The first-order valence-corrected chi connectivity index (χ1v) is 9.83. The number of amides is 1. The molecule has 4 rings (SSSR count). The third kappa shape index (κ3) is 4.24. The van der Waals surface area contributed by atoms with E-state index in [0.29, 0.717) is 10.5 Å². The lowest BCUT2D eigenvalue weighted by molar-refractivity contribution is 0.0946. The lowest BCUT2D eigenvalue weighted by atomic mass is 10.2. The molecule has 0 spiro atoms. The van der Waals surface area contributed by atoms with E-state index in [1.807, 2.05) is 6.07 Å². The SMILES string of the molecule is Cn1c(=O)n(Cc2ccc(Cl)cc2)c(=O)c2cc(C(=O)NCc3cccnc3)ncc21. The molecule has 0 aliphatic carbocycles. The third-order valence-electron chi connectivity index (χ3n) is 4.90. The van der Waals surface area contributed by atoms with Gasteiger partial charge in [-0.1, -0.05) is 29.8 Å². The van der Waals surface area contributed by atoms with Crippen LogP contribution in [0.5, 0.6) is 0 Å². The van der Waals surface area contributed by atoms with E-state index in [1.54, 1.807) is 49.8 Å². The number of hydrogen-bond donors (Lipinski definition) is 1. The van der Waals surface area contributed by atoms with Crippen LogP contribution < -0.4 is 16.6 Å². The van der Waals surface area contributed by atoms with E-state index >= 15 is 0 Å². The van der Waals surface area contributed by atoms with E-state index in [2.05, 4.69) is 15.3 Å². The van der Waals surface area contributed by atoms with Crippen molar-refractivity contribution in [2.24, 2.45) is 7.05 Å². The second-order valence-corrected chi connectivity index (χ2v) is 7.43. The van der Waals surface area contributed by atoms with Crippen molar-refractivity contribution >= 4 is 28.4 Å². The molecule has 0 aliphatic heterocycles. The average Bonchev–Trinajstić information content (AvgIpc) is 2.80. The number of pyridine rings is 2. The molecule has 0 aliphatic rings. The predicted molar refractivity (Wildman–Crippen MR) is 117 cm³/mol. The summed E-state index contributed by atoms with van der Waals surface area (Å²) in [6.07, 6.45) is 4.67. The highest BCUT2D eigenvalue weighted by atomic mass is 35.5. The zero-order chi connectivity index (χ0) is 22.0. The largest absolute Gasteiger partial charge is 0.347 e. The van der Waals surface area contributed by atoms with Crippen molar-refractivity contribution in [2.45, 2.75) is 13.1 Å². The average molecular weight is 436 g/mol. The first-order chi connectivity index (χ1) is 14.9. The van der Waals surface area contributed by atoms with Gasteiger partial charge in [0, 0.05) is 31.0 Å². The van der Waals surface area contributed by atoms with Crippen molar-refractivity contribution in [1.82, 2.24) is 24.4 Å². The lowest BCUT2D eigenvalue weighted by Gasteiger charge is -2.12. The molecule has 8 nitrogen and oxygen atoms in total. The molecule has 1 aromatic carbocycles. The first-order valence-electron chi connectivity index (χ1n) is 9.45. The molecule has 4 aromatic rings. The standard InChI is InChI=1S/C22H18ClN5O3/c1-27-19-12-25-18(20(29)26-11-15-3-2-8-24-10-15)9-17(19)21(30)28(22(27)31)13-14-4-6-16(23)7-5-14/h2-10,12H,11,13H2,1H3,(H,26,29). The molecule has 1 N–H and O–H groups in total. The van der Waals surface area contributed by atoms with Gasteiger partial charge in [0.05, 0.1) is 23.6 Å². The molecular formula is C22H18ClN5O3. The van der Waals surface area contributed by atoms with E-state index in [4.69, 9.17) is 11.6 Å². The van der Waals surface area contributed by atoms with Gasteiger partial charge in [0.1, 0.15) is 5.69 Å². The van der Waals surface area contributed by atoms with Crippen molar-refractivity contribution in [2.75, 3.05) is 0 Å². The molecule has 0 bridgehead atoms. The van der Waals surface area contributed by atoms with Crippen LogP contribution in [-0.4, -0.2) is 25.0 Å². The zero-order valence-corrected chi connectivity index (χ0v) is 17.3. The smallest absolute Gasteiger partial charge is 0.331 e. The summed E-state index contributed by atoms with van der Waals surface area (Å²) in [6, 6.07) is 11.9. The maximum Gasteiger partial charge on any atom is 0.331 e. The highest BCUT2D eigenvalue weighted by Crippen LogP contribution is 2.11. The topological polar surface area (TPSA) is 98.9 Å². The lowest BCUT2D eigenvalue weighted by Crippen LogP contribution is -2.39. The highest BCUT2D eigenvalue weighted by Gasteiger charge is 2.15. The van der Waals surface area contributed by atoms with Crippen molar-refractivity contribution in [3.8, 4) is 0 Å². The van der Waals surface area contributed by atoms with Crippen molar-refractivity contribution < 1.29 is 4.79 Å². The molecule has 0 radical (unpaired) electrons. The molecule has 3 heterocycles. The van der Waals surface area contributed by atoms with Gasteiger partial charge in [0.15, 0.2) is 0 Å². The van der Waals surface area contributed by atoms with Crippen LogP contribution in [0, 0.1) is 0 Å². The molecule has 0 saturated carbocycles. The van der Waals surface area contributed by atoms with Crippen LogP contribution >= 0.6 is 11.6 Å². The first kappa shape index (κ1) is 20.5. The number of benzene rings is 1. The summed E-state index contributed by atoms with van der Waals surface area (Å²) in [5, 5.41) is 3.55. The van der Waals surface area contributed by atoms with Crippen LogP contribution in [0.2, 0.25) is 5.02 Å². The van der Waals surface area contributed by atoms with Gasteiger partial charge in [-0.15, -0.1) is 0 Å². The van der Waals surface area contributed by atoms with E-state index < -0.39 is 17.2 Å². The number of aromatic nitrogens is 4. The predicted octanol–water partition coefficient (Wildman–Crippen LogP) is 2.12. The van der Waals surface area contributed by atoms with Gasteiger partial charge in [-0.2, -0.15) is 0 Å². The summed E-state index contributed by atoms with van der Waals surface area (Å²) in [5.74, 6) is -0.428. The van der Waals surface area contributed by atoms with Gasteiger partial charge in [0.25, 0.3) is 11.5 Å². The fourth-order valence-electron chi connectivity index (χ4n) is 3.21. The van der Waals surface area contributed by atoms with Crippen LogP contribution in [0.4, 0.5) is 0 Å². The van der Waals surface area contributed by atoms with E-state index in [-0.39, 0.29) is 24.2 Å². The molecule has 0 saturated heterocycles. The minimum Gasteiger partial charge on any atom is -0.347 e. The molecule has 1 amide bonds. The highest BCUT2D eigenvalue weighted by molar-refractivity contribution is 6.30. The van der Waals surface area contributed by atoms with Gasteiger partial charge in [-0.05, 0) is 35.4 Å². The van der Waals surface area contributed by atoms with E-state index in [9.17, 15) is 14.4 Å². The minimum absolute atomic E-state index is 0.0868. The van der Waals surface area contributed by atoms with Crippen molar-refractivity contribution in [3.05, 3.63) is 104 Å². The fraction of sp³-hybridized carbons (Fsp3) is 0.136. The summed E-state index contributed by atoms with van der Waals surface area (Å²) in [5.41, 5.74) is 1.08. The van der Waals surface area contributed by atoms with E-state index in [0.717, 1.165) is 15.7 Å². The molecule has 0 atom stereocenters. The molecule has 9 heteroatoms. The number of nitrogens with one attached hydrogen (secondary N) is 1. The van der Waals surface area contributed by atoms with Crippen LogP contribution in [-0.2, 0) is 20.1 Å². The maximum absolute atomic E-state index is 13.1. The number of carbonyl (C=O) groups is 1. The summed E-state index contributed by atoms with van der Waals surface area (Å²) < 4.78 is 2.47. The Balaban J connectivity index is 1.69. The monoisotopic (exact) mass is 435 g/mol. The normalized spacial score (nSPS) is 10.9. The second-order valence-electron chi connectivity index (χ2n) is 6.99. The van der Waals surface area contributed by atoms with Crippen LogP contribution in [0.15, 0.2) is 70.6 Å². The second kappa shape index (κ2) is 8.53. The Labute approximate surface area is 181 Å². The Bertz CT molecular complexity index is 1380. The van der Waals surface area contributed by atoms with Gasteiger partial charge in [-0.3, -0.25) is 23.7 Å². The quantitative estimate of drug-likeness (QED) is 0.517. The molecule has 0 unspecified atom stereocenters. The molecule has 3 aromatic heterocycles. The number of nitrogens with zero attached hydrogens (tertiary/aromatic N) is 4. The molecular weight excluding hydrogens is 418 g/mol. The van der Waals surface area contributed by atoms with Gasteiger partial charge in [0.2, 0.25) is 0 Å². The Morgan fingerprint density at radius 1 is 1.10 bits per heavy atom.